The van der Waals surface area contributed by atoms with Crippen LogP contribution in [0.15, 0.2) is 29.3 Å². The molecule has 0 bridgehead atoms. The molecule has 2 unspecified atom stereocenters. The Balaban J connectivity index is 1.92. The van der Waals surface area contributed by atoms with Gasteiger partial charge in [-0.2, -0.15) is 0 Å². The van der Waals surface area contributed by atoms with Gasteiger partial charge >= 0.3 is 0 Å². The lowest BCUT2D eigenvalue weighted by atomic mass is 10.1. The van der Waals surface area contributed by atoms with E-state index in [0.29, 0.717) is 31.0 Å². The van der Waals surface area contributed by atoms with Gasteiger partial charge < -0.3 is 25.0 Å². The van der Waals surface area contributed by atoms with E-state index in [1.165, 1.54) is 0 Å². The molecule has 0 saturated carbocycles. The second-order valence-electron chi connectivity index (χ2n) is 6.45. The van der Waals surface area contributed by atoms with E-state index in [-0.39, 0.29) is 18.1 Å². The van der Waals surface area contributed by atoms with Crippen molar-refractivity contribution in [2.45, 2.75) is 38.8 Å². The zero-order valence-electron chi connectivity index (χ0n) is 16.1. The Labute approximate surface area is 155 Å². The molecule has 1 amide bonds. The normalized spacial score (nSPS) is 19.1. The van der Waals surface area contributed by atoms with Crippen LogP contribution in [0.25, 0.3) is 0 Å². The number of likely N-dealkylation sites (tertiary alicyclic amines) is 1. The van der Waals surface area contributed by atoms with Crippen LogP contribution < -0.4 is 20.1 Å². The fraction of sp³-hybridized carbons (Fsp3) is 0.579. The molecule has 1 fully saturated rings. The van der Waals surface area contributed by atoms with E-state index >= 15 is 0 Å². The number of hydrogen-bond acceptors (Lipinski definition) is 4. The van der Waals surface area contributed by atoms with Crippen molar-refractivity contribution in [1.82, 2.24) is 15.5 Å². The SMILES string of the molecule is CCNC(=NCC(C)Oc1ccccc1OC)NC1CCC(=O)N(C)C1. The highest BCUT2D eigenvalue weighted by Crippen LogP contribution is 2.26. The van der Waals surface area contributed by atoms with Crippen molar-refractivity contribution in [3.8, 4) is 11.5 Å². The van der Waals surface area contributed by atoms with Gasteiger partial charge in [-0.1, -0.05) is 12.1 Å². The first-order chi connectivity index (χ1) is 12.5. The first-order valence-corrected chi connectivity index (χ1v) is 9.12. The fourth-order valence-corrected chi connectivity index (χ4v) is 2.83. The summed E-state index contributed by atoms with van der Waals surface area (Å²) in [5.41, 5.74) is 0. The number of piperidine rings is 1. The van der Waals surface area contributed by atoms with Crippen molar-refractivity contribution in [2.24, 2.45) is 4.99 Å². The molecule has 144 valence electrons. The quantitative estimate of drug-likeness (QED) is 0.570. The van der Waals surface area contributed by atoms with Gasteiger partial charge in [-0.15, -0.1) is 0 Å². The summed E-state index contributed by atoms with van der Waals surface area (Å²) in [6, 6.07) is 7.80. The van der Waals surface area contributed by atoms with Crippen LogP contribution in [0, 0.1) is 0 Å². The maximum Gasteiger partial charge on any atom is 0.222 e. The number of aliphatic imine (C=N–C) groups is 1. The zero-order valence-corrected chi connectivity index (χ0v) is 16.1. The summed E-state index contributed by atoms with van der Waals surface area (Å²) in [6.07, 6.45) is 1.29. The smallest absolute Gasteiger partial charge is 0.222 e. The molecule has 26 heavy (non-hydrogen) atoms. The fourth-order valence-electron chi connectivity index (χ4n) is 2.83. The van der Waals surface area contributed by atoms with Gasteiger partial charge in [0.1, 0.15) is 6.10 Å². The lowest BCUT2D eigenvalue weighted by Gasteiger charge is -2.31. The van der Waals surface area contributed by atoms with E-state index in [9.17, 15) is 4.79 Å². The van der Waals surface area contributed by atoms with E-state index in [1.54, 1.807) is 12.0 Å². The molecule has 7 heteroatoms. The van der Waals surface area contributed by atoms with Gasteiger partial charge in [0.05, 0.1) is 13.7 Å². The Bertz CT molecular complexity index is 621. The Morgan fingerprint density at radius 1 is 1.38 bits per heavy atom. The molecular formula is C19H30N4O3. The Kier molecular flexibility index (Phi) is 7.56. The average Bonchev–Trinajstić information content (AvgIpc) is 2.63. The highest BCUT2D eigenvalue weighted by Gasteiger charge is 2.23. The first kappa shape index (κ1) is 19.9. The van der Waals surface area contributed by atoms with Crippen molar-refractivity contribution in [1.29, 1.82) is 0 Å². The van der Waals surface area contributed by atoms with Crippen LogP contribution in [0.2, 0.25) is 0 Å². The summed E-state index contributed by atoms with van der Waals surface area (Å²) in [4.78, 5) is 18.0. The first-order valence-electron chi connectivity index (χ1n) is 9.12. The van der Waals surface area contributed by atoms with Crippen LogP contribution >= 0.6 is 0 Å². The van der Waals surface area contributed by atoms with Crippen LogP contribution in [-0.4, -0.2) is 62.7 Å². The lowest BCUT2D eigenvalue weighted by Crippen LogP contribution is -2.51. The number of amides is 1. The Morgan fingerprint density at radius 3 is 2.77 bits per heavy atom. The number of methoxy groups -OCH3 is 1. The molecule has 2 N–H and O–H groups in total. The van der Waals surface area contributed by atoms with Crippen molar-refractivity contribution in [3.05, 3.63) is 24.3 Å². The minimum atomic E-state index is -0.0997. The maximum absolute atomic E-state index is 11.6. The number of nitrogens with one attached hydrogen (secondary N) is 2. The lowest BCUT2D eigenvalue weighted by molar-refractivity contribution is -0.132. The van der Waals surface area contributed by atoms with E-state index in [2.05, 4.69) is 15.6 Å². The Morgan fingerprint density at radius 2 is 2.12 bits per heavy atom. The number of guanidine groups is 1. The number of ether oxygens (including phenoxy) is 2. The zero-order chi connectivity index (χ0) is 18.9. The molecule has 0 aliphatic carbocycles. The predicted molar refractivity (Wildman–Crippen MR) is 103 cm³/mol. The van der Waals surface area contributed by atoms with Crippen molar-refractivity contribution in [3.63, 3.8) is 0 Å². The highest BCUT2D eigenvalue weighted by molar-refractivity contribution is 5.81. The summed E-state index contributed by atoms with van der Waals surface area (Å²) in [6.45, 7) is 5.98. The largest absolute Gasteiger partial charge is 0.493 e. The standard InChI is InChI=1S/C19H30N4O3/c1-5-20-19(22-15-10-11-18(24)23(3)13-15)21-12-14(2)26-17-9-7-6-8-16(17)25-4/h6-9,14-15H,5,10-13H2,1-4H3,(H2,20,21,22). The third-order valence-corrected chi connectivity index (χ3v) is 4.22. The molecule has 2 atom stereocenters. The average molecular weight is 362 g/mol. The summed E-state index contributed by atoms with van der Waals surface area (Å²) in [7, 11) is 3.47. The van der Waals surface area contributed by atoms with Crippen LogP contribution in [0.5, 0.6) is 11.5 Å². The van der Waals surface area contributed by atoms with E-state index in [1.807, 2.05) is 45.2 Å². The van der Waals surface area contributed by atoms with Crippen molar-refractivity contribution in [2.75, 3.05) is 33.8 Å². The molecule has 1 aliphatic heterocycles. The van der Waals surface area contributed by atoms with Crippen LogP contribution in [-0.2, 0) is 4.79 Å². The molecule has 0 aromatic heterocycles. The van der Waals surface area contributed by atoms with Gasteiger partial charge in [0.2, 0.25) is 5.91 Å². The number of carbonyl (C=O) groups is 1. The number of nitrogens with zero attached hydrogens (tertiary/aromatic N) is 2. The molecule has 1 aromatic rings. The minimum Gasteiger partial charge on any atom is -0.493 e. The van der Waals surface area contributed by atoms with Crippen LogP contribution in [0.3, 0.4) is 0 Å². The molecule has 1 heterocycles. The molecule has 0 spiro atoms. The second kappa shape index (κ2) is 9.89. The summed E-state index contributed by atoms with van der Waals surface area (Å²) >= 11 is 0. The Hall–Kier alpha value is -2.44. The molecular weight excluding hydrogens is 332 g/mol. The molecule has 1 aliphatic rings. The summed E-state index contributed by atoms with van der Waals surface area (Å²) in [5, 5.41) is 6.67. The van der Waals surface area contributed by atoms with Crippen molar-refractivity contribution >= 4 is 11.9 Å². The number of likely N-dealkylation sites (N-methyl/N-ethyl adjacent to an activating group) is 1. The van der Waals surface area contributed by atoms with Gasteiger partial charge in [-0.25, -0.2) is 4.99 Å². The van der Waals surface area contributed by atoms with Gasteiger partial charge in [0, 0.05) is 32.6 Å². The monoisotopic (exact) mass is 362 g/mol. The van der Waals surface area contributed by atoms with E-state index in [4.69, 9.17) is 9.47 Å². The van der Waals surface area contributed by atoms with Gasteiger partial charge in [0.15, 0.2) is 17.5 Å². The molecule has 7 nitrogen and oxygen atoms in total. The van der Waals surface area contributed by atoms with Gasteiger partial charge in [0.25, 0.3) is 0 Å². The third kappa shape index (κ3) is 5.82. The summed E-state index contributed by atoms with van der Waals surface area (Å²) in [5.74, 6) is 2.37. The number of carbonyl (C=O) groups excluding carboxylic acids is 1. The topological polar surface area (TPSA) is 75.2 Å². The van der Waals surface area contributed by atoms with Gasteiger partial charge in [-0.05, 0) is 32.4 Å². The number of rotatable bonds is 7. The number of benzene rings is 1. The highest BCUT2D eigenvalue weighted by atomic mass is 16.5. The van der Waals surface area contributed by atoms with E-state index < -0.39 is 0 Å². The molecule has 1 saturated heterocycles. The molecule has 1 aromatic carbocycles. The van der Waals surface area contributed by atoms with Crippen molar-refractivity contribution < 1.29 is 14.3 Å². The van der Waals surface area contributed by atoms with Crippen LogP contribution in [0.4, 0.5) is 0 Å². The maximum atomic E-state index is 11.6. The van der Waals surface area contributed by atoms with Crippen LogP contribution in [0.1, 0.15) is 26.7 Å². The predicted octanol–water partition coefficient (Wildman–Crippen LogP) is 1.64. The molecule has 0 radical (unpaired) electrons. The van der Waals surface area contributed by atoms with E-state index in [0.717, 1.165) is 18.9 Å². The second-order valence-corrected chi connectivity index (χ2v) is 6.45. The number of para-hydroxylation sites is 2. The third-order valence-electron chi connectivity index (χ3n) is 4.22. The summed E-state index contributed by atoms with van der Waals surface area (Å²) < 4.78 is 11.3. The molecule has 2 rings (SSSR count). The number of hydrogen-bond donors (Lipinski definition) is 2. The minimum absolute atomic E-state index is 0.0997. The van der Waals surface area contributed by atoms with Gasteiger partial charge in [-0.3, -0.25) is 4.79 Å².